The van der Waals surface area contributed by atoms with Crippen LogP contribution in [0.5, 0.6) is 0 Å². The molecule has 2 heterocycles. The van der Waals surface area contributed by atoms with Gasteiger partial charge in [-0.25, -0.2) is 0 Å². The molecular formula is C11H14ClN3S. The minimum atomic E-state index is 0.0842. The molecule has 0 radical (unpaired) electrons. The van der Waals surface area contributed by atoms with Crippen LogP contribution in [0.1, 0.15) is 32.8 Å². The molecule has 1 fully saturated rings. The number of anilines is 1. The van der Waals surface area contributed by atoms with Gasteiger partial charge in [-0.1, -0.05) is 18.5 Å². The third-order valence-electron chi connectivity index (χ3n) is 3.06. The SMILES string of the molecule is C[C@H]1CN(c2snc(Cl)c2C#N)C(C)(C)C1. The first kappa shape index (κ1) is 11.7. The number of hydrogen-bond donors (Lipinski definition) is 0. The van der Waals surface area contributed by atoms with E-state index in [0.717, 1.165) is 18.0 Å². The highest BCUT2D eigenvalue weighted by atomic mass is 35.5. The van der Waals surface area contributed by atoms with Gasteiger partial charge < -0.3 is 4.90 Å². The average Bonchev–Trinajstić information content (AvgIpc) is 2.66. The summed E-state index contributed by atoms with van der Waals surface area (Å²) < 4.78 is 4.07. The highest BCUT2D eigenvalue weighted by Gasteiger charge is 2.38. The van der Waals surface area contributed by atoms with Crippen molar-refractivity contribution in [2.45, 2.75) is 32.7 Å². The van der Waals surface area contributed by atoms with Crippen molar-refractivity contribution in [3.8, 4) is 6.07 Å². The number of halogens is 1. The first-order valence-electron chi connectivity index (χ1n) is 5.28. The lowest BCUT2D eigenvalue weighted by Crippen LogP contribution is -2.37. The maximum Gasteiger partial charge on any atom is 0.162 e. The van der Waals surface area contributed by atoms with Crippen molar-refractivity contribution in [3.05, 3.63) is 10.7 Å². The van der Waals surface area contributed by atoms with Crippen LogP contribution in [0.15, 0.2) is 0 Å². The van der Waals surface area contributed by atoms with Gasteiger partial charge in [-0.3, -0.25) is 0 Å². The molecule has 1 aromatic rings. The summed E-state index contributed by atoms with van der Waals surface area (Å²) in [5.74, 6) is 0.641. The zero-order valence-electron chi connectivity index (χ0n) is 9.62. The molecule has 1 atom stereocenters. The quantitative estimate of drug-likeness (QED) is 0.773. The van der Waals surface area contributed by atoms with Crippen molar-refractivity contribution in [2.24, 2.45) is 5.92 Å². The Balaban J connectivity index is 2.42. The fourth-order valence-electron chi connectivity index (χ4n) is 2.49. The Morgan fingerprint density at radius 3 is 2.81 bits per heavy atom. The molecule has 0 aliphatic carbocycles. The second kappa shape index (κ2) is 3.90. The summed E-state index contributed by atoms with van der Waals surface area (Å²) >= 11 is 7.23. The Morgan fingerprint density at radius 1 is 1.62 bits per heavy atom. The molecule has 0 saturated carbocycles. The first-order valence-corrected chi connectivity index (χ1v) is 6.44. The third kappa shape index (κ3) is 1.79. The van der Waals surface area contributed by atoms with Crippen LogP contribution >= 0.6 is 23.1 Å². The predicted molar refractivity (Wildman–Crippen MR) is 67.0 cm³/mol. The smallest absolute Gasteiger partial charge is 0.162 e. The van der Waals surface area contributed by atoms with Gasteiger partial charge >= 0.3 is 0 Å². The van der Waals surface area contributed by atoms with E-state index < -0.39 is 0 Å². The molecule has 0 aromatic carbocycles. The molecule has 2 rings (SSSR count). The van der Waals surface area contributed by atoms with Crippen LogP contribution < -0.4 is 4.90 Å². The zero-order valence-corrected chi connectivity index (χ0v) is 11.2. The monoisotopic (exact) mass is 255 g/mol. The fraction of sp³-hybridized carbons (Fsp3) is 0.636. The van der Waals surface area contributed by atoms with Gasteiger partial charge in [-0.2, -0.15) is 9.64 Å². The number of nitriles is 1. The Morgan fingerprint density at radius 2 is 2.31 bits per heavy atom. The second-order valence-electron chi connectivity index (χ2n) is 5.00. The summed E-state index contributed by atoms with van der Waals surface area (Å²) in [6.45, 7) is 7.60. The largest absolute Gasteiger partial charge is 0.356 e. The number of aromatic nitrogens is 1. The Hall–Kier alpha value is -0.790. The van der Waals surface area contributed by atoms with E-state index in [1.807, 2.05) is 0 Å². The van der Waals surface area contributed by atoms with E-state index in [1.54, 1.807) is 0 Å². The maximum atomic E-state index is 9.09. The van der Waals surface area contributed by atoms with E-state index in [4.69, 9.17) is 16.9 Å². The van der Waals surface area contributed by atoms with Crippen molar-refractivity contribution < 1.29 is 0 Å². The second-order valence-corrected chi connectivity index (χ2v) is 6.11. The van der Waals surface area contributed by atoms with Crippen LogP contribution in [0.25, 0.3) is 0 Å². The Kier molecular flexibility index (Phi) is 2.85. The van der Waals surface area contributed by atoms with E-state index in [0.29, 0.717) is 16.6 Å². The maximum absolute atomic E-state index is 9.09. The van der Waals surface area contributed by atoms with E-state index in [2.05, 4.69) is 36.1 Å². The molecular weight excluding hydrogens is 242 g/mol. The van der Waals surface area contributed by atoms with Crippen LogP contribution in [0, 0.1) is 17.2 Å². The van der Waals surface area contributed by atoms with Crippen molar-refractivity contribution >= 4 is 28.1 Å². The molecule has 1 aromatic heterocycles. The zero-order chi connectivity index (χ0) is 11.9. The minimum Gasteiger partial charge on any atom is -0.356 e. The molecule has 16 heavy (non-hydrogen) atoms. The normalized spacial score (nSPS) is 23.4. The van der Waals surface area contributed by atoms with Crippen LogP contribution in [0.2, 0.25) is 5.15 Å². The van der Waals surface area contributed by atoms with Gasteiger partial charge in [0, 0.05) is 12.1 Å². The van der Waals surface area contributed by atoms with Crippen LogP contribution in [-0.2, 0) is 0 Å². The summed E-state index contributed by atoms with van der Waals surface area (Å²) in [4.78, 5) is 2.26. The average molecular weight is 256 g/mol. The number of hydrogen-bond acceptors (Lipinski definition) is 4. The van der Waals surface area contributed by atoms with E-state index in [9.17, 15) is 0 Å². The Labute approximate surface area is 105 Å². The van der Waals surface area contributed by atoms with Gasteiger partial charge in [0.15, 0.2) is 5.15 Å². The lowest BCUT2D eigenvalue weighted by molar-refractivity contribution is 0.489. The first-order chi connectivity index (χ1) is 7.45. The van der Waals surface area contributed by atoms with Gasteiger partial charge in [0.1, 0.15) is 16.6 Å². The van der Waals surface area contributed by atoms with Gasteiger partial charge in [-0.05, 0) is 37.7 Å². The number of rotatable bonds is 1. The molecule has 1 aliphatic rings. The van der Waals surface area contributed by atoms with Gasteiger partial charge in [0.2, 0.25) is 0 Å². The van der Waals surface area contributed by atoms with E-state index in [1.165, 1.54) is 11.5 Å². The minimum absolute atomic E-state index is 0.0842. The van der Waals surface area contributed by atoms with Crippen LogP contribution in [0.3, 0.4) is 0 Å². The fourth-order valence-corrected chi connectivity index (χ4v) is 3.69. The lowest BCUT2D eigenvalue weighted by atomic mass is 9.98. The molecule has 0 unspecified atom stereocenters. The molecule has 0 amide bonds. The highest BCUT2D eigenvalue weighted by molar-refractivity contribution is 7.10. The molecule has 3 nitrogen and oxygen atoms in total. The van der Waals surface area contributed by atoms with Gasteiger partial charge in [0.05, 0.1) is 0 Å². The summed E-state index contributed by atoms with van der Waals surface area (Å²) in [5.41, 5.74) is 0.606. The van der Waals surface area contributed by atoms with Crippen molar-refractivity contribution in [3.63, 3.8) is 0 Å². The number of nitrogens with zero attached hydrogens (tertiary/aromatic N) is 3. The summed E-state index contributed by atoms with van der Waals surface area (Å²) in [7, 11) is 0. The molecule has 1 saturated heterocycles. The predicted octanol–water partition coefficient (Wildman–Crippen LogP) is 3.29. The summed E-state index contributed by atoms with van der Waals surface area (Å²) in [5, 5.41) is 10.3. The topological polar surface area (TPSA) is 39.9 Å². The molecule has 5 heteroatoms. The van der Waals surface area contributed by atoms with Crippen LogP contribution in [0.4, 0.5) is 5.00 Å². The summed E-state index contributed by atoms with van der Waals surface area (Å²) in [6, 6.07) is 2.15. The van der Waals surface area contributed by atoms with Crippen molar-refractivity contribution in [1.82, 2.24) is 4.37 Å². The molecule has 0 bridgehead atoms. The van der Waals surface area contributed by atoms with Gasteiger partial charge in [0.25, 0.3) is 0 Å². The van der Waals surface area contributed by atoms with Crippen molar-refractivity contribution in [2.75, 3.05) is 11.4 Å². The molecule has 0 spiro atoms. The summed E-state index contributed by atoms with van der Waals surface area (Å²) in [6.07, 6.45) is 1.13. The molecule has 1 aliphatic heterocycles. The highest BCUT2D eigenvalue weighted by Crippen LogP contribution is 2.41. The molecule has 86 valence electrons. The van der Waals surface area contributed by atoms with E-state index >= 15 is 0 Å². The Bertz CT molecular complexity index is 447. The lowest BCUT2D eigenvalue weighted by Gasteiger charge is -2.32. The van der Waals surface area contributed by atoms with E-state index in [-0.39, 0.29) is 5.54 Å². The van der Waals surface area contributed by atoms with Crippen molar-refractivity contribution in [1.29, 1.82) is 5.26 Å². The third-order valence-corrected chi connectivity index (χ3v) is 4.31. The molecule has 0 N–H and O–H groups in total. The van der Waals surface area contributed by atoms with Crippen LogP contribution in [-0.4, -0.2) is 16.5 Å². The van der Waals surface area contributed by atoms with Gasteiger partial charge in [-0.15, -0.1) is 0 Å². The standard InChI is InChI=1S/C11H14ClN3S/c1-7-4-11(2,3)15(6-7)10-8(5-13)9(12)14-16-10/h7H,4,6H2,1-3H3/t7-/m1/s1.